The summed E-state index contributed by atoms with van der Waals surface area (Å²) in [5.41, 5.74) is 2.38. The van der Waals surface area contributed by atoms with E-state index < -0.39 is 0 Å². The number of hydrogen-bond acceptors (Lipinski definition) is 5. The minimum absolute atomic E-state index is 0.0669. The molecular formula is C27H26N4O2. The highest BCUT2D eigenvalue weighted by Gasteiger charge is 2.13. The van der Waals surface area contributed by atoms with Crippen molar-refractivity contribution in [2.24, 2.45) is 0 Å². The van der Waals surface area contributed by atoms with Crippen LogP contribution in [-0.2, 0) is 4.79 Å². The van der Waals surface area contributed by atoms with Gasteiger partial charge in [0.2, 0.25) is 0 Å². The molecule has 3 aromatic carbocycles. The predicted octanol–water partition coefficient (Wildman–Crippen LogP) is 5.30. The Balaban J connectivity index is 1.23. The van der Waals surface area contributed by atoms with Crippen molar-refractivity contribution in [2.45, 2.75) is 19.3 Å². The third-order valence-electron chi connectivity index (χ3n) is 5.88. The summed E-state index contributed by atoms with van der Waals surface area (Å²) in [5.74, 6) is 1.40. The summed E-state index contributed by atoms with van der Waals surface area (Å²) < 4.78 is 5.80. The van der Waals surface area contributed by atoms with Crippen LogP contribution in [0.25, 0.3) is 22.0 Å². The molecule has 1 N–H and O–H groups in total. The third kappa shape index (κ3) is 4.95. The molecule has 1 fully saturated rings. The number of hydrogen-bond donors (Lipinski definition) is 1. The van der Waals surface area contributed by atoms with Crippen LogP contribution in [0.5, 0.6) is 5.75 Å². The molecule has 4 aromatic rings. The molecule has 1 aromatic heterocycles. The number of rotatable bonds is 6. The Labute approximate surface area is 193 Å². The zero-order chi connectivity index (χ0) is 22.5. The molecule has 0 bridgehead atoms. The number of fused-ring (bicyclic) bond motifs is 1. The van der Waals surface area contributed by atoms with Crippen LogP contribution in [0.1, 0.15) is 19.3 Å². The van der Waals surface area contributed by atoms with Gasteiger partial charge in [0.1, 0.15) is 5.75 Å². The van der Waals surface area contributed by atoms with E-state index in [4.69, 9.17) is 4.74 Å². The molecule has 2 heterocycles. The number of anilines is 2. The van der Waals surface area contributed by atoms with Crippen LogP contribution in [0.3, 0.4) is 0 Å². The highest BCUT2D eigenvalue weighted by molar-refractivity contribution is 5.93. The number of carbonyl (C=O) groups excluding carboxylic acids is 1. The van der Waals surface area contributed by atoms with Crippen LogP contribution >= 0.6 is 0 Å². The van der Waals surface area contributed by atoms with Crippen LogP contribution in [0.15, 0.2) is 78.9 Å². The number of nitrogens with zero attached hydrogens (tertiary/aromatic N) is 3. The fourth-order valence-corrected chi connectivity index (χ4v) is 4.19. The number of amides is 1. The quantitative estimate of drug-likeness (QED) is 0.442. The maximum absolute atomic E-state index is 12.5. The smallest absolute Gasteiger partial charge is 0.262 e. The van der Waals surface area contributed by atoms with Gasteiger partial charge in [0.05, 0.1) is 5.69 Å². The standard InChI is InChI=1S/C27H26N4O2/c32-27(19-33-25-13-7-9-20-8-2-3-12-23(20)25)28-22-11-6-10-21(18-22)24-14-15-26(30-29-24)31-16-4-1-5-17-31/h2-3,6-15,18H,1,4-5,16-17,19H2,(H,28,32). The van der Waals surface area contributed by atoms with Crippen molar-refractivity contribution in [3.05, 3.63) is 78.9 Å². The Morgan fingerprint density at radius 3 is 2.55 bits per heavy atom. The first kappa shape index (κ1) is 20.9. The van der Waals surface area contributed by atoms with E-state index in [1.807, 2.05) is 78.9 Å². The van der Waals surface area contributed by atoms with E-state index in [0.29, 0.717) is 11.4 Å². The first-order valence-electron chi connectivity index (χ1n) is 11.4. The van der Waals surface area contributed by atoms with Gasteiger partial charge in [-0.15, -0.1) is 10.2 Å². The molecule has 0 unspecified atom stereocenters. The van der Waals surface area contributed by atoms with E-state index in [9.17, 15) is 4.79 Å². The monoisotopic (exact) mass is 438 g/mol. The minimum Gasteiger partial charge on any atom is -0.483 e. The van der Waals surface area contributed by atoms with Crippen molar-refractivity contribution in [2.75, 3.05) is 29.9 Å². The van der Waals surface area contributed by atoms with Gasteiger partial charge in [0.15, 0.2) is 12.4 Å². The number of ether oxygens (including phenoxy) is 1. The average molecular weight is 439 g/mol. The summed E-state index contributed by atoms with van der Waals surface area (Å²) >= 11 is 0. The molecule has 5 rings (SSSR count). The maximum Gasteiger partial charge on any atom is 0.262 e. The van der Waals surface area contributed by atoms with Crippen molar-refractivity contribution in [1.29, 1.82) is 0 Å². The molecule has 1 aliphatic rings. The minimum atomic E-state index is -0.216. The zero-order valence-corrected chi connectivity index (χ0v) is 18.4. The van der Waals surface area contributed by atoms with Crippen LogP contribution in [0.2, 0.25) is 0 Å². The highest BCUT2D eigenvalue weighted by atomic mass is 16.5. The van der Waals surface area contributed by atoms with Gasteiger partial charge in [-0.2, -0.15) is 0 Å². The van der Waals surface area contributed by atoms with Gasteiger partial charge in [-0.25, -0.2) is 0 Å². The van der Waals surface area contributed by atoms with Crippen LogP contribution in [0.4, 0.5) is 11.5 Å². The lowest BCUT2D eigenvalue weighted by Gasteiger charge is -2.27. The molecule has 0 aliphatic carbocycles. The van der Waals surface area contributed by atoms with Crippen molar-refractivity contribution in [1.82, 2.24) is 10.2 Å². The lowest BCUT2D eigenvalue weighted by atomic mass is 10.1. The molecule has 6 nitrogen and oxygen atoms in total. The average Bonchev–Trinajstić information content (AvgIpc) is 2.88. The number of carbonyl (C=O) groups is 1. The number of nitrogens with one attached hydrogen (secondary N) is 1. The molecule has 1 amide bonds. The van der Waals surface area contributed by atoms with Crippen LogP contribution in [0, 0.1) is 0 Å². The van der Waals surface area contributed by atoms with Gasteiger partial charge >= 0.3 is 0 Å². The second-order valence-electron chi connectivity index (χ2n) is 8.22. The summed E-state index contributed by atoms with van der Waals surface area (Å²) in [7, 11) is 0. The number of aromatic nitrogens is 2. The molecule has 0 saturated carbocycles. The third-order valence-corrected chi connectivity index (χ3v) is 5.88. The summed E-state index contributed by atoms with van der Waals surface area (Å²) in [5, 5.41) is 13.8. The van der Waals surface area contributed by atoms with Crippen molar-refractivity contribution >= 4 is 28.2 Å². The first-order chi connectivity index (χ1) is 16.3. The maximum atomic E-state index is 12.5. The molecule has 1 aliphatic heterocycles. The second kappa shape index (κ2) is 9.69. The fraction of sp³-hybridized carbons (Fsp3) is 0.222. The lowest BCUT2D eigenvalue weighted by molar-refractivity contribution is -0.118. The van der Waals surface area contributed by atoms with Gasteiger partial charge in [0, 0.05) is 29.7 Å². The van der Waals surface area contributed by atoms with E-state index in [1.165, 1.54) is 19.3 Å². The molecule has 0 atom stereocenters. The Morgan fingerprint density at radius 1 is 0.879 bits per heavy atom. The Morgan fingerprint density at radius 2 is 1.70 bits per heavy atom. The summed E-state index contributed by atoms with van der Waals surface area (Å²) in [6.07, 6.45) is 3.69. The van der Waals surface area contributed by atoms with Crippen molar-refractivity contribution in [3.8, 4) is 17.0 Å². The zero-order valence-electron chi connectivity index (χ0n) is 18.4. The van der Waals surface area contributed by atoms with Gasteiger partial charge in [0.25, 0.3) is 5.91 Å². The molecule has 0 radical (unpaired) electrons. The van der Waals surface area contributed by atoms with Crippen molar-refractivity contribution in [3.63, 3.8) is 0 Å². The van der Waals surface area contributed by atoms with Crippen molar-refractivity contribution < 1.29 is 9.53 Å². The second-order valence-corrected chi connectivity index (χ2v) is 8.22. The SMILES string of the molecule is O=C(COc1cccc2ccccc12)Nc1cccc(-c2ccc(N3CCCCC3)nn2)c1. The Hall–Kier alpha value is -3.93. The number of piperidine rings is 1. The largest absolute Gasteiger partial charge is 0.483 e. The predicted molar refractivity (Wildman–Crippen MR) is 132 cm³/mol. The van der Waals surface area contributed by atoms with E-state index in [-0.39, 0.29) is 12.5 Å². The van der Waals surface area contributed by atoms with Gasteiger partial charge in [-0.1, -0.05) is 48.5 Å². The molecular weight excluding hydrogens is 412 g/mol. The normalized spacial score (nSPS) is 13.6. The number of benzene rings is 3. The van der Waals surface area contributed by atoms with E-state index in [1.54, 1.807) is 0 Å². The van der Waals surface area contributed by atoms with Crippen LogP contribution in [-0.4, -0.2) is 35.8 Å². The fourth-order valence-electron chi connectivity index (χ4n) is 4.19. The lowest BCUT2D eigenvalue weighted by Crippen LogP contribution is -2.30. The van der Waals surface area contributed by atoms with Gasteiger partial charge in [-0.3, -0.25) is 4.79 Å². The molecule has 33 heavy (non-hydrogen) atoms. The molecule has 0 spiro atoms. The van der Waals surface area contributed by atoms with Gasteiger partial charge < -0.3 is 15.0 Å². The summed E-state index contributed by atoms with van der Waals surface area (Å²) in [4.78, 5) is 14.8. The van der Waals surface area contributed by atoms with E-state index >= 15 is 0 Å². The highest BCUT2D eigenvalue weighted by Crippen LogP contribution is 2.26. The summed E-state index contributed by atoms with van der Waals surface area (Å²) in [6.45, 7) is 2.01. The molecule has 166 valence electrons. The molecule has 6 heteroatoms. The first-order valence-corrected chi connectivity index (χ1v) is 11.4. The van der Waals surface area contributed by atoms with E-state index in [2.05, 4.69) is 20.4 Å². The Kier molecular flexibility index (Phi) is 6.15. The molecule has 1 saturated heterocycles. The topological polar surface area (TPSA) is 67.3 Å². The van der Waals surface area contributed by atoms with E-state index in [0.717, 1.165) is 40.9 Å². The van der Waals surface area contributed by atoms with Crippen LogP contribution < -0.4 is 15.0 Å². The summed E-state index contributed by atoms with van der Waals surface area (Å²) in [6, 6.07) is 25.4. The van der Waals surface area contributed by atoms with Gasteiger partial charge in [-0.05, 0) is 55.0 Å². The Bertz CT molecular complexity index is 1250.